The van der Waals surface area contributed by atoms with Gasteiger partial charge in [-0.05, 0) is 38.2 Å². The number of rotatable bonds is 9. The van der Waals surface area contributed by atoms with Gasteiger partial charge in [0.1, 0.15) is 17.1 Å². The van der Waals surface area contributed by atoms with Crippen LogP contribution in [0.4, 0.5) is 13.9 Å². The van der Waals surface area contributed by atoms with Crippen LogP contribution in [0.2, 0.25) is 0 Å². The fourth-order valence-electron chi connectivity index (χ4n) is 3.24. The molecule has 1 amide bonds. The highest BCUT2D eigenvalue weighted by molar-refractivity contribution is 7.92. The lowest BCUT2D eigenvalue weighted by molar-refractivity contribution is -0.116. The van der Waals surface area contributed by atoms with Crippen LogP contribution < -0.4 is 4.90 Å². The molecule has 3 rings (SSSR count). The number of hydrogen-bond donors (Lipinski definition) is 0. The van der Waals surface area contributed by atoms with Gasteiger partial charge in [0.05, 0.1) is 9.60 Å². The first-order valence-corrected chi connectivity index (χ1v) is 12.7. The van der Waals surface area contributed by atoms with E-state index in [1.54, 1.807) is 12.1 Å². The zero-order valence-electron chi connectivity index (χ0n) is 18.1. The number of benzene rings is 2. The molecule has 0 N–H and O–H groups in total. The molecule has 0 aliphatic heterocycles. The number of amides is 1. The van der Waals surface area contributed by atoms with E-state index in [2.05, 4.69) is 9.88 Å². The van der Waals surface area contributed by atoms with E-state index in [-0.39, 0.29) is 26.8 Å². The Morgan fingerprint density at radius 1 is 1.06 bits per heavy atom. The van der Waals surface area contributed by atoms with Crippen molar-refractivity contribution in [3.05, 3.63) is 53.6 Å². The molecular formula is C22H25F2N3O3S2. The van der Waals surface area contributed by atoms with Crippen LogP contribution in [0.5, 0.6) is 0 Å². The fraction of sp³-hybridized carbons (Fsp3) is 0.364. The Bertz CT molecular complexity index is 1210. The van der Waals surface area contributed by atoms with Gasteiger partial charge in [-0.1, -0.05) is 42.9 Å². The topological polar surface area (TPSA) is 70.6 Å². The summed E-state index contributed by atoms with van der Waals surface area (Å²) in [6.07, 6.45) is 0. The van der Waals surface area contributed by atoms with E-state index in [0.29, 0.717) is 6.54 Å². The van der Waals surface area contributed by atoms with E-state index in [9.17, 15) is 22.0 Å². The lowest BCUT2D eigenvalue weighted by atomic mass is 10.2. The van der Waals surface area contributed by atoms with Gasteiger partial charge in [0.2, 0.25) is 5.91 Å². The number of aryl methyl sites for hydroxylation is 1. The van der Waals surface area contributed by atoms with Crippen molar-refractivity contribution in [2.24, 2.45) is 0 Å². The summed E-state index contributed by atoms with van der Waals surface area (Å²) in [5, 5.41) is 0.140. The van der Waals surface area contributed by atoms with Crippen molar-refractivity contribution in [2.75, 3.05) is 36.8 Å². The van der Waals surface area contributed by atoms with E-state index >= 15 is 0 Å². The third-order valence-electron chi connectivity index (χ3n) is 5.16. The number of anilines is 1. The summed E-state index contributed by atoms with van der Waals surface area (Å²) in [7, 11) is -3.89. The highest BCUT2D eigenvalue weighted by Crippen LogP contribution is 2.31. The molecule has 0 unspecified atom stereocenters. The molecule has 0 aliphatic rings. The summed E-state index contributed by atoms with van der Waals surface area (Å²) in [5.74, 6) is -2.99. The number of halogens is 2. The minimum absolute atomic E-state index is 0.0477. The predicted molar refractivity (Wildman–Crippen MR) is 123 cm³/mol. The Morgan fingerprint density at radius 2 is 1.72 bits per heavy atom. The maximum absolute atomic E-state index is 14.2. The van der Waals surface area contributed by atoms with E-state index in [1.165, 1.54) is 17.0 Å². The van der Waals surface area contributed by atoms with Gasteiger partial charge >= 0.3 is 0 Å². The van der Waals surface area contributed by atoms with E-state index in [0.717, 1.165) is 42.1 Å². The summed E-state index contributed by atoms with van der Waals surface area (Å²) in [6.45, 7) is 7.95. The second-order valence-corrected chi connectivity index (χ2v) is 10.4. The van der Waals surface area contributed by atoms with Gasteiger partial charge < -0.3 is 4.90 Å². The van der Waals surface area contributed by atoms with Gasteiger partial charge in [-0.25, -0.2) is 22.2 Å². The van der Waals surface area contributed by atoms with Gasteiger partial charge in [-0.2, -0.15) is 0 Å². The Kier molecular flexibility index (Phi) is 7.58. The van der Waals surface area contributed by atoms with Gasteiger partial charge in [-0.15, -0.1) is 0 Å². The highest BCUT2D eigenvalue weighted by Gasteiger charge is 2.27. The SMILES string of the molecule is CCN(CC)CCN(C(=O)CS(=O)(=O)c1ccc(C)cc1)c1nc2c(F)cc(F)cc2s1. The molecule has 0 bridgehead atoms. The van der Waals surface area contributed by atoms with Gasteiger partial charge in [0.15, 0.2) is 20.8 Å². The molecule has 1 aromatic heterocycles. The first kappa shape index (κ1) is 24.2. The Hall–Kier alpha value is -2.43. The molecule has 32 heavy (non-hydrogen) atoms. The van der Waals surface area contributed by atoms with Gasteiger partial charge in [0, 0.05) is 19.2 Å². The molecule has 0 saturated carbocycles. The minimum atomic E-state index is -3.89. The molecular weight excluding hydrogens is 456 g/mol. The third-order valence-corrected chi connectivity index (χ3v) is 7.80. The Morgan fingerprint density at radius 3 is 2.34 bits per heavy atom. The number of carbonyl (C=O) groups excluding carboxylic acids is 1. The molecule has 0 saturated heterocycles. The Labute approximate surface area is 190 Å². The fourth-order valence-corrected chi connectivity index (χ4v) is 5.49. The van der Waals surface area contributed by atoms with Crippen molar-refractivity contribution in [1.29, 1.82) is 0 Å². The summed E-state index contributed by atoms with van der Waals surface area (Å²) in [5.41, 5.74) is 0.855. The van der Waals surface area contributed by atoms with Crippen molar-refractivity contribution in [2.45, 2.75) is 25.7 Å². The molecule has 0 aliphatic carbocycles. The van der Waals surface area contributed by atoms with Crippen molar-refractivity contribution >= 4 is 42.4 Å². The molecule has 6 nitrogen and oxygen atoms in total. The minimum Gasteiger partial charge on any atom is -0.302 e. The van der Waals surface area contributed by atoms with Crippen LogP contribution in [0.25, 0.3) is 10.2 Å². The summed E-state index contributed by atoms with van der Waals surface area (Å²) >= 11 is 0.953. The highest BCUT2D eigenvalue weighted by atomic mass is 32.2. The molecule has 0 radical (unpaired) electrons. The predicted octanol–water partition coefficient (Wildman–Crippen LogP) is 4.03. The second-order valence-electron chi connectivity index (χ2n) is 7.38. The van der Waals surface area contributed by atoms with Crippen molar-refractivity contribution in [3.8, 4) is 0 Å². The number of carbonyl (C=O) groups is 1. The summed E-state index contributed by atoms with van der Waals surface area (Å²) in [6, 6.07) is 8.15. The quantitative estimate of drug-likeness (QED) is 0.462. The number of fused-ring (bicyclic) bond motifs is 1. The maximum Gasteiger partial charge on any atom is 0.244 e. The standard InChI is InChI=1S/C22H25F2N3O3S2/c1-4-26(5-2)10-11-27(22-25-21-18(24)12-16(23)13-19(21)31-22)20(28)14-32(29,30)17-8-6-15(3)7-9-17/h6-9,12-13H,4-5,10-11,14H2,1-3H3. The lowest BCUT2D eigenvalue weighted by Gasteiger charge is -2.24. The van der Waals surface area contributed by atoms with Crippen LogP contribution in [0.15, 0.2) is 41.3 Å². The van der Waals surface area contributed by atoms with Crippen LogP contribution in [-0.4, -0.2) is 56.1 Å². The smallest absolute Gasteiger partial charge is 0.244 e. The molecule has 1 heterocycles. The summed E-state index contributed by atoms with van der Waals surface area (Å²) in [4.78, 5) is 20.7. The molecule has 172 valence electrons. The molecule has 0 spiro atoms. The molecule has 10 heteroatoms. The number of thiazole rings is 1. The first-order chi connectivity index (χ1) is 15.1. The maximum atomic E-state index is 14.2. The summed E-state index contributed by atoms with van der Waals surface area (Å²) < 4.78 is 53.7. The van der Waals surface area contributed by atoms with E-state index in [4.69, 9.17) is 0 Å². The number of nitrogens with zero attached hydrogens (tertiary/aromatic N) is 3. The number of likely N-dealkylation sites (N-methyl/N-ethyl adjacent to an activating group) is 1. The normalized spacial score (nSPS) is 11.9. The first-order valence-electron chi connectivity index (χ1n) is 10.2. The van der Waals surface area contributed by atoms with Crippen LogP contribution in [0.1, 0.15) is 19.4 Å². The average molecular weight is 482 g/mol. The monoisotopic (exact) mass is 481 g/mol. The number of aromatic nitrogens is 1. The van der Waals surface area contributed by atoms with E-state index in [1.807, 2.05) is 20.8 Å². The zero-order valence-corrected chi connectivity index (χ0v) is 19.8. The van der Waals surface area contributed by atoms with Crippen molar-refractivity contribution in [1.82, 2.24) is 9.88 Å². The van der Waals surface area contributed by atoms with Crippen molar-refractivity contribution < 1.29 is 22.0 Å². The largest absolute Gasteiger partial charge is 0.302 e. The lowest BCUT2D eigenvalue weighted by Crippen LogP contribution is -2.41. The van der Waals surface area contributed by atoms with Crippen LogP contribution in [0.3, 0.4) is 0 Å². The third kappa shape index (κ3) is 5.48. The van der Waals surface area contributed by atoms with Gasteiger partial charge in [0.25, 0.3) is 0 Å². The van der Waals surface area contributed by atoms with Crippen molar-refractivity contribution in [3.63, 3.8) is 0 Å². The molecule has 3 aromatic rings. The second kappa shape index (κ2) is 10.0. The molecule has 0 fully saturated rings. The number of hydrogen-bond acceptors (Lipinski definition) is 6. The molecule has 0 atom stereocenters. The van der Waals surface area contributed by atoms with Crippen LogP contribution in [0, 0.1) is 18.6 Å². The Balaban J connectivity index is 1.94. The molecule has 2 aromatic carbocycles. The van der Waals surface area contributed by atoms with Crippen LogP contribution in [-0.2, 0) is 14.6 Å². The van der Waals surface area contributed by atoms with E-state index < -0.39 is 33.1 Å². The zero-order chi connectivity index (χ0) is 23.5. The van der Waals surface area contributed by atoms with Crippen LogP contribution >= 0.6 is 11.3 Å². The number of sulfone groups is 1. The van der Waals surface area contributed by atoms with Gasteiger partial charge in [-0.3, -0.25) is 9.69 Å². The average Bonchev–Trinajstić information content (AvgIpc) is 3.15.